The third-order valence-electron chi connectivity index (χ3n) is 2.65. The summed E-state index contributed by atoms with van der Waals surface area (Å²) in [5, 5.41) is 8.70. The highest BCUT2D eigenvalue weighted by atomic mass is 32.2. The maximum atomic E-state index is 11.7. The summed E-state index contributed by atoms with van der Waals surface area (Å²) in [5.74, 6) is -1.04. The molecule has 1 rings (SSSR count). The van der Waals surface area contributed by atoms with Crippen LogP contribution in [0.15, 0.2) is 29.2 Å². The molecule has 1 unspecified atom stereocenters. The Balaban J connectivity index is 3.05. The van der Waals surface area contributed by atoms with E-state index in [0.29, 0.717) is 0 Å². The third kappa shape index (κ3) is 3.56. The number of hydrogen-bond donors (Lipinski definition) is 1. The first kappa shape index (κ1) is 13.7. The van der Waals surface area contributed by atoms with Crippen molar-refractivity contribution < 1.29 is 18.3 Å². The second-order valence-electron chi connectivity index (χ2n) is 3.97. The fourth-order valence-corrected chi connectivity index (χ4v) is 2.50. The van der Waals surface area contributed by atoms with Crippen LogP contribution in [0.3, 0.4) is 0 Å². The minimum atomic E-state index is -3.23. The Morgan fingerprint density at radius 2 is 2.06 bits per heavy atom. The smallest absolute Gasteiger partial charge is 0.303 e. The zero-order valence-electron chi connectivity index (χ0n) is 9.88. The second-order valence-corrected chi connectivity index (χ2v) is 6.25. The molecule has 1 atom stereocenters. The van der Waals surface area contributed by atoms with Crippen LogP contribution < -0.4 is 0 Å². The lowest BCUT2D eigenvalue weighted by Crippen LogP contribution is -2.06. The molecule has 0 amide bonds. The van der Waals surface area contributed by atoms with Gasteiger partial charge in [-0.15, -0.1) is 0 Å². The van der Waals surface area contributed by atoms with Crippen molar-refractivity contribution in [3.63, 3.8) is 0 Å². The van der Waals surface area contributed by atoms with Gasteiger partial charge in [-0.1, -0.05) is 26.0 Å². The first-order valence-corrected chi connectivity index (χ1v) is 7.06. The molecule has 0 aromatic heterocycles. The molecule has 0 aliphatic heterocycles. The van der Waals surface area contributed by atoms with Gasteiger partial charge in [-0.25, -0.2) is 8.42 Å². The fraction of sp³-hybridized carbons (Fsp3) is 0.417. The van der Waals surface area contributed by atoms with Crippen LogP contribution in [0.4, 0.5) is 0 Å². The molecule has 0 saturated heterocycles. The van der Waals surface area contributed by atoms with E-state index >= 15 is 0 Å². The molecule has 0 aliphatic carbocycles. The van der Waals surface area contributed by atoms with E-state index in [1.165, 1.54) is 6.07 Å². The van der Waals surface area contributed by atoms with Crippen molar-refractivity contribution in [3.05, 3.63) is 29.8 Å². The molecule has 0 fully saturated rings. The van der Waals surface area contributed by atoms with Gasteiger partial charge in [0.25, 0.3) is 0 Å². The molecule has 1 aromatic carbocycles. The van der Waals surface area contributed by atoms with E-state index in [9.17, 15) is 13.2 Å². The van der Waals surface area contributed by atoms with Gasteiger partial charge in [0.1, 0.15) is 0 Å². The SMILES string of the molecule is CCS(=O)(=O)c1cccc(C(C)CC(=O)O)c1. The highest BCUT2D eigenvalue weighted by molar-refractivity contribution is 7.91. The van der Waals surface area contributed by atoms with Gasteiger partial charge in [-0.05, 0) is 23.6 Å². The molecule has 0 spiro atoms. The zero-order chi connectivity index (χ0) is 13.1. The number of carbonyl (C=O) groups is 1. The van der Waals surface area contributed by atoms with Crippen LogP contribution in [-0.4, -0.2) is 25.2 Å². The van der Waals surface area contributed by atoms with Crippen molar-refractivity contribution in [2.45, 2.75) is 31.1 Å². The Bertz CT molecular complexity index is 505. The number of hydrogen-bond acceptors (Lipinski definition) is 3. The van der Waals surface area contributed by atoms with Crippen molar-refractivity contribution in [1.29, 1.82) is 0 Å². The van der Waals surface area contributed by atoms with E-state index in [0.717, 1.165) is 5.56 Å². The minimum Gasteiger partial charge on any atom is -0.481 e. The molecular weight excluding hydrogens is 240 g/mol. The normalized spacial score (nSPS) is 13.3. The van der Waals surface area contributed by atoms with Gasteiger partial charge < -0.3 is 5.11 Å². The quantitative estimate of drug-likeness (QED) is 0.875. The number of rotatable bonds is 5. The molecule has 94 valence electrons. The van der Waals surface area contributed by atoms with Gasteiger partial charge in [-0.2, -0.15) is 0 Å². The molecule has 0 radical (unpaired) electrons. The number of sulfone groups is 1. The third-order valence-corrected chi connectivity index (χ3v) is 4.38. The number of carboxylic acids is 1. The summed E-state index contributed by atoms with van der Waals surface area (Å²) in [5.41, 5.74) is 0.738. The van der Waals surface area contributed by atoms with Crippen molar-refractivity contribution in [2.24, 2.45) is 0 Å². The summed E-state index contributed by atoms with van der Waals surface area (Å²) in [6.07, 6.45) is -0.00434. The van der Waals surface area contributed by atoms with Crippen LogP contribution in [0.25, 0.3) is 0 Å². The number of aliphatic carboxylic acids is 1. The molecule has 4 nitrogen and oxygen atoms in total. The molecule has 17 heavy (non-hydrogen) atoms. The standard InChI is InChI=1S/C12H16O4S/c1-3-17(15,16)11-6-4-5-10(8-11)9(2)7-12(13)14/h4-6,8-9H,3,7H2,1-2H3,(H,13,14). The molecule has 0 bridgehead atoms. The van der Waals surface area contributed by atoms with Crippen LogP contribution in [0, 0.1) is 0 Å². The van der Waals surface area contributed by atoms with Crippen LogP contribution >= 0.6 is 0 Å². The Hall–Kier alpha value is -1.36. The van der Waals surface area contributed by atoms with Crippen LogP contribution in [0.5, 0.6) is 0 Å². The molecular formula is C12H16O4S. The number of benzene rings is 1. The molecule has 0 heterocycles. The van der Waals surface area contributed by atoms with Gasteiger partial charge in [0.05, 0.1) is 17.1 Å². The molecule has 1 aromatic rings. The lowest BCUT2D eigenvalue weighted by molar-refractivity contribution is -0.137. The Morgan fingerprint density at radius 3 is 2.59 bits per heavy atom. The average Bonchev–Trinajstić information content (AvgIpc) is 2.28. The Kier molecular flexibility index (Phi) is 4.28. The molecule has 1 N–H and O–H groups in total. The molecule has 0 saturated carbocycles. The molecule has 0 aliphatic rings. The summed E-state index contributed by atoms with van der Waals surface area (Å²) in [6.45, 7) is 3.36. The maximum Gasteiger partial charge on any atom is 0.303 e. The van der Waals surface area contributed by atoms with Gasteiger partial charge in [0, 0.05) is 0 Å². The van der Waals surface area contributed by atoms with Gasteiger partial charge in [0.15, 0.2) is 9.84 Å². The van der Waals surface area contributed by atoms with Crippen molar-refractivity contribution in [1.82, 2.24) is 0 Å². The van der Waals surface area contributed by atoms with Gasteiger partial charge in [0.2, 0.25) is 0 Å². The van der Waals surface area contributed by atoms with E-state index in [2.05, 4.69) is 0 Å². The maximum absolute atomic E-state index is 11.7. The molecule has 5 heteroatoms. The van der Waals surface area contributed by atoms with Crippen molar-refractivity contribution in [3.8, 4) is 0 Å². The minimum absolute atomic E-state index is 0.00434. The largest absolute Gasteiger partial charge is 0.481 e. The van der Waals surface area contributed by atoms with E-state index < -0.39 is 15.8 Å². The summed E-state index contributed by atoms with van der Waals surface area (Å²) in [4.78, 5) is 10.9. The second kappa shape index (κ2) is 5.31. The fourth-order valence-electron chi connectivity index (χ4n) is 1.56. The average molecular weight is 256 g/mol. The Morgan fingerprint density at radius 1 is 1.41 bits per heavy atom. The van der Waals surface area contributed by atoms with E-state index in [1.807, 2.05) is 0 Å². The monoisotopic (exact) mass is 256 g/mol. The Labute approximate surface area is 101 Å². The number of carboxylic acid groups (broad SMARTS) is 1. The predicted molar refractivity (Wildman–Crippen MR) is 64.8 cm³/mol. The highest BCUT2D eigenvalue weighted by Gasteiger charge is 2.15. The van der Waals surface area contributed by atoms with E-state index in [-0.39, 0.29) is 23.0 Å². The first-order chi connectivity index (χ1) is 7.86. The van der Waals surface area contributed by atoms with E-state index in [1.54, 1.807) is 32.0 Å². The van der Waals surface area contributed by atoms with Crippen molar-refractivity contribution in [2.75, 3.05) is 5.75 Å². The van der Waals surface area contributed by atoms with Gasteiger partial charge in [-0.3, -0.25) is 4.79 Å². The van der Waals surface area contributed by atoms with E-state index in [4.69, 9.17) is 5.11 Å². The van der Waals surface area contributed by atoms with Crippen molar-refractivity contribution >= 4 is 15.8 Å². The van der Waals surface area contributed by atoms with Crippen LogP contribution in [-0.2, 0) is 14.6 Å². The topological polar surface area (TPSA) is 71.4 Å². The summed E-state index contributed by atoms with van der Waals surface area (Å²) >= 11 is 0. The van der Waals surface area contributed by atoms with Crippen LogP contribution in [0.2, 0.25) is 0 Å². The highest BCUT2D eigenvalue weighted by Crippen LogP contribution is 2.22. The lowest BCUT2D eigenvalue weighted by Gasteiger charge is -2.10. The summed E-state index contributed by atoms with van der Waals surface area (Å²) in [7, 11) is -3.23. The summed E-state index contributed by atoms with van der Waals surface area (Å²) < 4.78 is 23.4. The summed E-state index contributed by atoms with van der Waals surface area (Å²) in [6, 6.07) is 6.50. The predicted octanol–water partition coefficient (Wildman–Crippen LogP) is 2.06. The first-order valence-electron chi connectivity index (χ1n) is 5.41. The van der Waals surface area contributed by atoms with Gasteiger partial charge >= 0.3 is 5.97 Å². The van der Waals surface area contributed by atoms with Crippen LogP contribution in [0.1, 0.15) is 31.7 Å². The zero-order valence-corrected chi connectivity index (χ0v) is 10.7. The lowest BCUT2D eigenvalue weighted by atomic mass is 9.98.